The van der Waals surface area contributed by atoms with E-state index in [2.05, 4.69) is 195 Å². The van der Waals surface area contributed by atoms with Crippen LogP contribution >= 0.6 is 7.14 Å². The molecule has 8 aromatic carbocycles. The van der Waals surface area contributed by atoms with Crippen LogP contribution < -0.4 is 40.1 Å². The fourth-order valence-electron chi connectivity index (χ4n) is 9.09. The molecule has 61 heavy (non-hydrogen) atoms. The number of ether oxygens (including phenoxy) is 2. The van der Waals surface area contributed by atoms with E-state index in [9.17, 15) is 0 Å². The van der Waals surface area contributed by atoms with Gasteiger partial charge in [-0.2, -0.15) is 0 Å². The minimum Gasteiger partial charge on any atom is -0.453 e. The molecule has 6 nitrogen and oxygen atoms in total. The largest absolute Gasteiger partial charge is 0.453 e. The predicted octanol–water partition coefficient (Wildman–Crippen LogP) is 14.1. The van der Waals surface area contributed by atoms with Crippen molar-refractivity contribution in [3.8, 4) is 23.0 Å². The van der Waals surface area contributed by atoms with E-state index >= 15 is 4.57 Å². The van der Waals surface area contributed by atoms with Crippen molar-refractivity contribution in [1.82, 2.24) is 0 Å². The highest BCUT2D eigenvalue weighted by atomic mass is 31.2. The maximum absolute atomic E-state index is 17.4. The minimum absolute atomic E-state index is 0.553. The number of rotatable bonds is 7. The topological polar surface area (TPSA) is 45.3 Å². The van der Waals surface area contributed by atoms with Crippen LogP contribution in [-0.4, -0.2) is 0 Å². The second kappa shape index (κ2) is 13.8. The molecule has 3 heterocycles. The summed E-state index contributed by atoms with van der Waals surface area (Å²) in [7, 11) is -3.75. The maximum atomic E-state index is 17.4. The molecule has 3 aliphatic rings. The van der Waals surface area contributed by atoms with Gasteiger partial charge in [-0.05, 0) is 144 Å². The molecule has 0 bridgehead atoms. The highest BCUT2D eigenvalue weighted by Gasteiger charge is 2.55. The summed E-state index contributed by atoms with van der Waals surface area (Å²) < 4.78 is 31.8. The van der Waals surface area contributed by atoms with Crippen LogP contribution in [0.1, 0.15) is 33.4 Å². The van der Waals surface area contributed by atoms with Crippen LogP contribution in [-0.2, 0) is 4.57 Å². The molecule has 0 spiro atoms. The Morgan fingerprint density at radius 2 is 0.721 bits per heavy atom. The van der Waals surface area contributed by atoms with E-state index in [0.717, 1.165) is 62.3 Å². The standard InChI is InChI=1S/C54H44N3O3P/c1-33-7-17-39(18-8-33)55(40-19-9-34(2)10-20-40)44-27-29-46-52-50(44)59-48-31-38(6)32-49-54(48)61(52,58)53-47(57(46)43-25-15-37(5)16-26-43)30-28-45(51(53)60-49)56(41-21-11-35(3)12-22-41)42-23-13-36(4)14-24-42/h7-32H,1-6H3. The first kappa shape index (κ1) is 37.0. The third-order valence-corrected chi connectivity index (χ3v) is 15.4. The SMILES string of the molecule is Cc1ccc(N(c2ccc(C)cc2)c2ccc3c4c2Oc2cc(C)cc5c2P4(=O)c2c(ccc(N(c4ccc(C)cc4)c4ccc(C)cc4)c2O5)N3c2ccc(C)cc2)cc1. The van der Waals surface area contributed by atoms with E-state index in [1.54, 1.807) is 0 Å². The molecule has 0 unspecified atom stereocenters. The zero-order valence-electron chi connectivity index (χ0n) is 35.0. The molecular weight excluding hydrogens is 770 g/mol. The van der Waals surface area contributed by atoms with E-state index < -0.39 is 7.14 Å². The van der Waals surface area contributed by atoms with Crippen molar-refractivity contribution in [3.05, 3.63) is 191 Å². The summed E-state index contributed by atoms with van der Waals surface area (Å²) in [4.78, 5) is 6.69. The molecule has 0 saturated heterocycles. The van der Waals surface area contributed by atoms with Gasteiger partial charge in [-0.15, -0.1) is 0 Å². The summed E-state index contributed by atoms with van der Waals surface area (Å²) in [5.74, 6) is 2.25. The van der Waals surface area contributed by atoms with Gasteiger partial charge in [0.25, 0.3) is 0 Å². The Bertz CT molecular complexity index is 2830. The summed E-state index contributed by atoms with van der Waals surface area (Å²) in [6.45, 7) is 12.5. The summed E-state index contributed by atoms with van der Waals surface area (Å²) >= 11 is 0. The minimum atomic E-state index is -3.75. The highest BCUT2D eigenvalue weighted by Crippen LogP contribution is 2.68. The lowest BCUT2D eigenvalue weighted by molar-refractivity contribution is 0.461. The summed E-state index contributed by atoms with van der Waals surface area (Å²) in [5, 5.41) is 1.94. The number of nitrogens with zero attached hydrogens (tertiary/aromatic N) is 3. The first-order valence-corrected chi connectivity index (χ1v) is 22.5. The Morgan fingerprint density at radius 3 is 1.07 bits per heavy atom. The van der Waals surface area contributed by atoms with Gasteiger partial charge in [0.2, 0.25) is 0 Å². The van der Waals surface area contributed by atoms with Crippen molar-refractivity contribution in [2.45, 2.75) is 41.5 Å². The number of benzene rings is 8. The molecule has 0 aliphatic carbocycles. The molecule has 298 valence electrons. The second-order valence-electron chi connectivity index (χ2n) is 16.7. The van der Waals surface area contributed by atoms with Crippen molar-refractivity contribution < 1.29 is 14.0 Å². The van der Waals surface area contributed by atoms with E-state index in [1.165, 1.54) is 22.3 Å². The third kappa shape index (κ3) is 5.74. The Balaban J connectivity index is 1.25. The van der Waals surface area contributed by atoms with Gasteiger partial charge in [0.15, 0.2) is 18.6 Å². The fraction of sp³-hybridized carbons (Fsp3) is 0.111. The third-order valence-electron chi connectivity index (χ3n) is 12.2. The summed E-state index contributed by atoms with van der Waals surface area (Å²) in [5.41, 5.74) is 14.8. The first-order chi connectivity index (χ1) is 29.6. The average molecular weight is 814 g/mol. The number of hydrogen-bond donors (Lipinski definition) is 0. The maximum Gasteiger partial charge on any atom is 0.190 e. The molecule has 0 saturated carbocycles. The summed E-state index contributed by atoms with van der Waals surface area (Å²) in [6, 6.07) is 55.2. The lowest BCUT2D eigenvalue weighted by Crippen LogP contribution is -2.43. The lowest BCUT2D eigenvalue weighted by atomic mass is 10.1. The van der Waals surface area contributed by atoms with E-state index in [-0.39, 0.29) is 0 Å². The summed E-state index contributed by atoms with van der Waals surface area (Å²) in [6.07, 6.45) is 0. The average Bonchev–Trinajstić information content (AvgIpc) is 3.25. The fourth-order valence-corrected chi connectivity index (χ4v) is 12.5. The van der Waals surface area contributed by atoms with Gasteiger partial charge in [-0.25, -0.2) is 0 Å². The van der Waals surface area contributed by atoms with Gasteiger partial charge in [0.05, 0.1) is 33.4 Å². The van der Waals surface area contributed by atoms with Gasteiger partial charge in [0.1, 0.15) is 16.8 Å². The molecule has 0 N–H and O–H groups in total. The van der Waals surface area contributed by atoms with Crippen LogP contribution in [0.15, 0.2) is 158 Å². The Hall–Kier alpha value is -7.01. The Labute approximate surface area is 357 Å². The highest BCUT2D eigenvalue weighted by molar-refractivity contribution is 7.87. The molecule has 0 fully saturated rings. The van der Waals surface area contributed by atoms with Crippen LogP contribution in [0.25, 0.3) is 0 Å². The van der Waals surface area contributed by atoms with Crippen LogP contribution in [0.3, 0.4) is 0 Å². The number of aryl methyl sites for hydroxylation is 6. The van der Waals surface area contributed by atoms with Crippen molar-refractivity contribution in [1.29, 1.82) is 0 Å². The second-order valence-corrected chi connectivity index (χ2v) is 19.2. The number of hydrogen-bond acceptors (Lipinski definition) is 6. The van der Waals surface area contributed by atoms with Gasteiger partial charge >= 0.3 is 0 Å². The van der Waals surface area contributed by atoms with Crippen molar-refractivity contribution >= 4 is 74.2 Å². The normalized spacial score (nSPS) is 13.5. The van der Waals surface area contributed by atoms with E-state index in [0.29, 0.717) is 38.9 Å². The van der Waals surface area contributed by atoms with E-state index in [4.69, 9.17) is 9.47 Å². The van der Waals surface area contributed by atoms with E-state index in [1.807, 2.05) is 19.1 Å². The van der Waals surface area contributed by atoms with Crippen molar-refractivity contribution in [3.63, 3.8) is 0 Å². The molecule has 7 heteroatoms. The quantitative estimate of drug-likeness (QED) is 0.149. The van der Waals surface area contributed by atoms with Gasteiger partial charge in [-0.3, -0.25) is 0 Å². The first-order valence-electron chi connectivity index (χ1n) is 20.8. The lowest BCUT2D eigenvalue weighted by Gasteiger charge is -2.45. The van der Waals surface area contributed by atoms with Crippen molar-refractivity contribution in [2.75, 3.05) is 14.7 Å². The molecule has 0 atom stereocenters. The van der Waals surface area contributed by atoms with Crippen molar-refractivity contribution in [2.24, 2.45) is 0 Å². The monoisotopic (exact) mass is 813 g/mol. The zero-order chi connectivity index (χ0) is 41.7. The molecule has 3 aliphatic heterocycles. The molecule has 11 rings (SSSR count). The van der Waals surface area contributed by atoms with Crippen LogP contribution in [0, 0.1) is 41.5 Å². The molecule has 0 amide bonds. The van der Waals surface area contributed by atoms with Crippen LogP contribution in [0.2, 0.25) is 0 Å². The Morgan fingerprint density at radius 1 is 0.393 bits per heavy atom. The van der Waals surface area contributed by atoms with Crippen LogP contribution in [0.5, 0.6) is 23.0 Å². The van der Waals surface area contributed by atoms with Gasteiger partial charge < -0.3 is 28.7 Å². The number of anilines is 9. The molecule has 0 aromatic heterocycles. The zero-order valence-corrected chi connectivity index (χ0v) is 35.9. The molecule has 8 aromatic rings. The van der Waals surface area contributed by atoms with Crippen LogP contribution in [0.4, 0.5) is 51.2 Å². The predicted molar refractivity (Wildman–Crippen MR) is 252 cm³/mol. The van der Waals surface area contributed by atoms with Gasteiger partial charge in [-0.1, -0.05) is 88.5 Å². The smallest absolute Gasteiger partial charge is 0.190 e. The molecular formula is C54H44N3O3P. The Kier molecular flexibility index (Phi) is 8.36. The molecule has 0 radical (unpaired) electrons. The van der Waals surface area contributed by atoms with Gasteiger partial charge in [0, 0.05) is 28.4 Å².